The maximum atomic E-state index is 11.2. The molecular formula is C8H14N4O2S. The standard InChI is InChI=1S/C8H14N4O2S/c1-11(15(2,13)14)6-8-10-9-7-4-3-5-12(7)8/h3-6H2,1-2H3. The smallest absolute Gasteiger partial charge is 0.211 e. The Morgan fingerprint density at radius 2 is 2.20 bits per heavy atom. The second-order valence-electron chi connectivity index (χ2n) is 3.81. The third-order valence-electron chi connectivity index (χ3n) is 2.62. The van der Waals surface area contributed by atoms with Crippen LogP contribution in [0.3, 0.4) is 0 Å². The van der Waals surface area contributed by atoms with E-state index in [0.29, 0.717) is 6.54 Å². The van der Waals surface area contributed by atoms with Crippen LogP contribution in [0.15, 0.2) is 0 Å². The quantitative estimate of drug-likeness (QED) is 0.709. The van der Waals surface area contributed by atoms with Gasteiger partial charge in [0.2, 0.25) is 10.0 Å². The van der Waals surface area contributed by atoms with Crippen LogP contribution in [0.25, 0.3) is 0 Å². The maximum absolute atomic E-state index is 11.2. The highest BCUT2D eigenvalue weighted by atomic mass is 32.2. The molecule has 7 heteroatoms. The van der Waals surface area contributed by atoms with Crippen molar-refractivity contribution >= 4 is 10.0 Å². The summed E-state index contributed by atoms with van der Waals surface area (Å²) in [5.74, 6) is 1.70. The molecule has 1 aromatic rings. The van der Waals surface area contributed by atoms with Gasteiger partial charge in [-0.05, 0) is 6.42 Å². The predicted molar refractivity (Wildman–Crippen MR) is 54.7 cm³/mol. The molecule has 0 atom stereocenters. The number of aromatic nitrogens is 3. The summed E-state index contributed by atoms with van der Waals surface area (Å²) in [6.45, 7) is 1.20. The van der Waals surface area contributed by atoms with Gasteiger partial charge in [0.1, 0.15) is 11.6 Å². The lowest BCUT2D eigenvalue weighted by Gasteiger charge is -2.13. The van der Waals surface area contributed by atoms with Crippen LogP contribution in [0.2, 0.25) is 0 Å². The summed E-state index contributed by atoms with van der Waals surface area (Å²) in [7, 11) is -1.60. The fraction of sp³-hybridized carbons (Fsp3) is 0.750. The molecule has 0 saturated carbocycles. The zero-order chi connectivity index (χ0) is 11.1. The van der Waals surface area contributed by atoms with Crippen LogP contribution in [0.5, 0.6) is 0 Å². The van der Waals surface area contributed by atoms with E-state index in [1.807, 2.05) is 4.57 Å². The molecule has 84 valence electrons. The number of nitrogens with zero attached hydrogens (tertiary/aromatic N) is 4. The number of sulfonamides is 1. The van der Waals surface area contributed by atoms with E-state index in [4.69, 9.17) is 0 Å². The van der Waals surface area contributed by atoms with Crippen LogP contribution >= 0.6 is 0 Å². The van der Waals surface area contributed by atoms with Gasteiger partial charge in [0.25, 0.3) is 0 Å². The Bertz CT molecular complexity index is 465. The summed E-state index contributed by atoms with van der Waals surface area (Å²) in [6.07, 6.45) is 3.20. The number of rotatable bonds is 3. The van der Waals surface area contributed by atoms with Gasteiger partial charge in [-0.25, -0.2) is 8.42 Å². The third kappa shape index (κ3) is 2.03. The molecule has 2 rings (SSSR count). The summed E-state index contributed by atoms with van der Waals surface area (Å²) >= 11 is 0. The summed E-state index contributed by atoms with van der Waals surface area (Å²) < 4.78 is 25.7. The lowest BCUT2D eigenvalue weighted by atomic mass is 10.4. The molecule has 2 heterocycles. The van der Waals surface area contributed by atoms with Crippen LogP contribution in [0, 0.1) is 0 Å². The molecule has 0 fully saturated rings. The molecule has 6 nitrogen and oxygen atoms in total. The molecule has 1 aromatic heterocycles. The fourth-order valence-corrected chi connectivity index (χ4v) is 1.99. The van der Waals surface area contributed by atoms with Gasteiger partial charge in [-0.15, -0.1) is 10.2 Å². The summed E-state index contributed by atoms with van der Waals surface area (Å²) in [6, 6.07) is 0. The molecule has 0 aliphatic carbocycles. The molecule has 0 bridgehead atoms. The van der Waals surface area contributed by atoms with Gasteiger partial charge in [0.15, 0.2) is 0 Å². The Morgan fingerprint density at radius 3 is 2.87 bits per heavy atom. The SMILES string of the molecule is CN(Cc1nnc2n1CCC2)S(C)(=O)=O. The van der Waals surface area contributed by atoms with Crippen molar-refractivity contribution in [1.29, 1.82) is 0 Å². The van der Waals surface area contributed by atoms with E-state index in [2.05, 4.69) is 10.2 Å². The largest absolute Gasteiger partial charge is 0.314 e. The van der Waals surface area contributed by atoms with Crippen molar-refractivity contribution in [3.63, 3.8) is 0 Å². The maximum Gasteiger partial charge on any atom is 0.211 e. The van der Waals surface area contributed by atoms with Gasteiger partial charge in [0.05, 0.1) is 12.8 Å². The minimum atomic E-state index is -3.14. The third-order valence-corrected chi connectivity index (χ3v) is 3.88. The van der Waals surface area contributed by atoms with Gasteiger partial charge in [-0.3, -0.25) is 0 Å². The van der Waals surface area contributed by atoms with E-state index in [9.17, 15) is 8.42 Å². The zero-order valence-electron chi connectivity index (χ0n) is 8.84. The van der Waals surface area contributed by atoms with Gasteiger partial charge in [-0.2, -0.15) is 4.31 Å². The first-order valence-electron chi connectivity index (χ1n) is 4.81. The van der Waals surface area contributed by atoms with Crippen molar-refractivity contribution in [3.8, 4) is 0 Å². The average Bonchev–Trinajstić information content (AvgIpc) is 2.67. The first-order chi connectivity index (χ1) is 6.98. The van der Waals surface area contributed by atoms with Crippen molar-refractivity contribution in [2.45, 2.75) is 25.9 Å². The lowest BCUT2D eigenvalue weighted by Crippen LogP contribution is -2.26. The summed E-state index contributed by atoms with van der Waals surface area (Å²) in [5.41, 5.74) is 0. The number of hydrogen-bond donors (Lipinski definition) is 0. The minimum absolute atomic E-state index is 0.297. The zero-order valence-corrected chi connectivity index (χ0v) is 9.66. The van der Waals surface area contributed by atoms with Crippen molar-refractivity contribution in [3.05, 3.63) is 11.6 Å². The molecule has 0 N–H and O–H groups in total. The van der Waals surface area contributed by atoms with Crippen molar-refractivity contribution in [2.24, 2.45) is 0 Å². The number of fused-ring (bicyclic) bond motifs is 1. The van der Waals surface area contributed by atoms with Crippen LogP contribution < -0.4 is 0 Å². The van der Waals surface area contributed by atoms with Gasteiger partial charge in [-0.1, -0.05) is 0 Å². The summed E-state index contributed by atoms with van der Waals surface area (Å²) in [4.78, 5) is 0. The Kier molecular flexibility index (Phi) is 2.51. The van der Waals surface area contributed by atoms with Crippen molar-refractivity contribution in [1.82, 2.24) is 19.1 Å². The second-order valence-corrected chi connectivity index (χ2v) is 5.90. The molecule has 1 aliphatic heterocycles. The Hall–Kier alpha value is -0.950. The van der Waals surface area contributed by atoms with Crippen molar-refractivity contribution in [2.75, 3.05) is 13.3 Å². The molecular weight excluding hydrogens is 216 g/mol. The molecule has 1 aliphatic rings. The van der Waals surface area contributed by atoms with E-state index < -0.39 is 10.0 Å². The predicted octanol–water partition coefficient (Wildman–Crippen LogP) is -0.384. The first kappa shape index (κ1) is 10.6. The molecule has 0 radical (unpaired) electrons. The van der Waals surface area contributed by atoms with E-state index in [1.165, 1.54) is 10.6 Å². The lowest BCUT2D eigenvalue weighted by molar-refractivity contribution is 0.451. The van der Waals surface area contributed by atoms with E-state index in [1.54, 1.807) is 7.05 Å². The Balaban J connectivity index is 2.19. The molecule has 15 heavy (non-hydrogen) atoms. The number of hydrogen-bond acceptors (Lipinski definition) is 4. The van der Waals surface area contributed by atoms with Crippen LogP contribution in [0.1, 0.15) is 18.1 Å². The van der Waals surface area contributed by atoms with E-state index >= 15 is 0 Å². The molecule has 0 saturated heterocycles. The second kappa shape index (κ2) is 3.57. The number of aryl methyl sites for hydroxylation is 1. The average molecular weight is 230 g/mol. The highest BCUT2D eigenvalue weighted by molar-refractivity contribution is 7.88. The van der Waals surface area contributed by atoms with E-state index in [0.717, 1.165) is 31.0 Å². The molecule has 0 spiro atoms. The highest BCUT2D eigenvalue weighted by Crippen LogP contribution is 2.15. The minimum Gasteiger partial charge on any atom is -0.314 e. The van der Waals surface area contributed by atoms with Crippen LogP contribution in [0.4, 0.5) is 0 Å². The molecule has 0 aromatic carbocycles. The normalized spacial score (nSPS) is 15.9. The Labute approximate surface area is 89.0 Å². The fourth-order valence-electron chi connectivity index (χ4n) is 1.64. The molecule has 0 unspecified atom stereocenters. The van der Waals surface area contributed by atoms with Gasteiger partial charge < -0.3 is 4.57 Å². The van der Waals surface area contributed by atoms with Gasteiger partial charge >= 0.3 is 0 Å². The van der Waals surface area contributed by atoms with Crippen molar-refractivity contribution < 1.29 is 8.42 Å². The Morgan fingerprint density at radius 1 is 1.47 bits per heavy atom. The van der Waals surface area contributed by atoms with Crippen LogP contribution in [-0.4, -0.2) is 40.8 Å². The van der Waals surface area contributed by atoms with E-state index in [-0.39, 0.29) is 0 Å². The monoisotopic (exact) mass is 230 g/mol. The van der Waals surface area contributed by atoms with Crippen LogP contribution in [-0.2, 0) is 29.5 Å². The summed E-state index contributed by atoms with van der Waals surface area (Å²) in [5, 5.41) is 8.02. The van der Waals surface area contributed by atoms with Gasteiger partial charge in [0, 0.05) is 20.0 Å². The topological polar surface area (TPSA) is 68.1 Å². The first-order valence-corrected chi connectivity index (χ1v) is 6.65. The highest BCUT2D eigenvalue weighted by Gasteiger charge is 2.20. The molecule has 0 amide bonds.